The van der Waals surface area contributed by atoms with Gasteiger partial charge in [0.1, 0.15) is 5.75 Å². The van der Waals surface area contributed by atoms with E-state index in [9.17, 15) is 4.79 Å². The predicted molar refractivity (Wildman–Crippen MR) is 113 cm³/mol. The topological polar surface area (TPSA) is 69.0 Å². The lowest BCUT2D eigenvalue weighted by Gasteiger charge is -2.10. The molecule has 0 aliphatic rings. The standard InChI is InChI=1S/C20H21ClN4O2S/c1-12-5-7-16(13(2)9-12)22-18(26)11-28-20-24-23-19(25(20)3)15-10-14(21)6-8-17(15)27-4/h5-10H,11H2,1-4H3,(H,22,26). The van der Waals surface area contributed by atoms with Gasteiger partial charge in [-0.1, -0.05) is 41.1 Å². The van der Waals surface area contributed by atoms with Gasteiger partial charge in [0.25, 0.3) is 0 Å². The molecule has 3 aromatic rings. The maximum absolute atomic E-state index is 12.3. The minimum atomic E-state index is -0.0955. The van der Waals surface area contributed by atoms with E-state index in [4.69, 9.17) is 16.3 Å². The molecule has 1 amide bonds. The fourth-order valence-corrected chi connectivity index (χ4v) is 3.68. The highest BCUT2D eigenvalue weighted by Crippen LogP contribution is 2.32. The van der Waals surface area contributed by atoms with Gasteiger partial charge in [-0.3, -0.25) is 4.79 Å². The van der Waals surface area contributed by atoms with Gasteiger partial charge in [-0.2, -0.15) is 0 Å². The molecule has 0 bridgehead atoms. The number of aromatic nitrogens is 3. The molecular weight excluding hydrogens is 396 g/mol. The first-order valence-electron chi connectivity index (χ1n) is 8.62. The van der Waals surface area contributed by atoms with Crippen molar-refractivity contribution in [2.45, 2.75) is 19.0 Å². The van der Waals surface area contributed by atoms with E-state index in [1.165, 1.54) is 11.8 Å². The summed E-state index contributed by atoms with van der Waals surface area (Å²) in [4.78, 5) is 12.3. The summed E-state index contributed by atoms with van der Waals surface area (Å²) in [5.41, 5.74) is 3.76. The van der Waals surface area contributed by atoms with Crippen molar-refractivity contribution >= 4 is 35.0 Å². The molecule has 0 atom stereocenters. The average molecular weight is 417 g/mol. The second-order valence-electron chi connectivity index (χ2n) is 6.37. The maximum Gasteiger partial charge on any atom is 0.234 e. The van der Waals surface area contributed by atoms with Crippen LogP contribution in [0.25, 0.3) is 11.4 Å². The highest BCUT2D eigenvalue weighted by Gasteiger charge is 2.17. The molecule has 1 N–H and O–H groups in total. The Kier molecular flexibility index (Phi) is 6.26. The Morgan fingerprint density at radius 2 is 2.00 bits per heavy atom. The number of rotatable bonds is 6. The number of hydrogen-bond acceptors (Lipinski definition) is 5. The van der Waals surface area contributed by atoms with Crippen LogP contribution in [0.3, 0.4) is 0 Å². The normalized spacial score (nSPS) is 10.8. The zero-order valence-electron chi connectivity index (χ0n) is 16.1. The van der Waals surface area contributed by atoms with Crippen LogP contribution in [-0.2, 0) is 11.8 Å². The Bertz CT molecular complexity index is 1020. The summed E-state index contributed by atoms with van der Waals surface area (Å²) < 4.78 is 7.22. The lowest BCUT2D eigenvalue weighted by molar-refractivity contribution is -0.113. The van der Waals surface area contributed by atoms with Crippen molar-refractivity contribution in [3.8, 4) is 17.1 Å². The molecule has 146 valence electrons. The Labute approximate surface area is 173 Å². The third-order valence-corrected chi connectivity index (χ3v) is 5.48. The monoisotopic (exact) mass is 416 g/mol. The molecule has 1 heterocycles. The van der Waals surface area contributed by atoms with Gasteiger partial charge < -0.3 is 14.6 Å². The van der Waals surface area contributed by atoms with E-state index >= 15 is 0 Å². The molecule has 0 saturated heterocycles. The van der Waals surface area contributed by atoms with Crippen LogP contribution in [0, 0.1) is 13.8 Å². The summed E-state index contributed by atoms with van der Waals surface area (Å²) in [6.45, 7) is 4.00. The number of methoxy groups -OCH3 is 1. The van der Waals surface area contributed by atoms with Crippen molar-refractivity contribution < 1.29 is 9.53 Å². The molecule has 0 spiro atoms. The number of thioether (sulfide) groups is 1. The number of aryl methyl sites for hydroxylation is 2. The van der Waals surface area contributed by atoms with Gasteiger partial charge in [-0.15, -0.1) is 10.2 Å². The predicted octanol–water partition coefficient (Wildman–Crippen LogP) is 4.49. The van der Waals surface area contributed by atoms with Gasteiger partial charge in [0.05, 0.1) is 18.4 Å². The van der Waals surface area contributed by atoms with E-state index in [1.54, 1.807) is 25.3 Å². The number of hydrogen-bond donors (Lipinski definition) is 1. The van der Waals surface area contributed by atoms with Gasteiger partial charge in [0, 0.05) is 17.8 Å². The zero-order chi connectivity index (χ0) is 20.3. The van der Waals surface area contributed by atoms with Crippen LogP contribution in [0.15, 0.2) is 41.6 Å². The quantitative estimate of drug-likeness (QED) is 0.599. The minimum Gasteiger partial charge on any atom is -0.496 e. The van der Waals surface area contributed by atoms with E-state index in [0.717, 1.165) is 22.4 Å². The van der Waals surface area contributed by atoms with Gasteiger partial charge in [0.2, 0.25) is 5.91 Å². The summed E-state index contributed by atoms with van der Waals surface area (Å²) >= 11 is 7.43. The van der Waals surface area contributed by atoms with Crippen molar-refractivity contribution in [2.24, 2.45) is 7.05 Å². The largest absolute Gasteiger partial charge is 0.496 e. The molecule has 0 saturated carbocycles. The highest BCUT2D eigenvalue weighted by molar-refractivity contribution is 7.99. The highest BCUT2D eigenvalue weighted by atomic mass is 35.5. The van der Waals surface area contributed by atoms with Crippen LogP contribution in [0.4, 0.5) is 5.69 Å². The molecule has 0 fully saturated rings. The summed E-state index contributed by atoms with van der Waals surface area (Å²) in [6, 6.07) is 11.3. The van der Waals surface area contributed by atoms with Crippen LogP contribution in [0.1, 0.15) is 11.1 Å². The van der Waals surface area contributed by atoms with Crippen molar-refractivity contribution in [1.82, 2.24) is 14.8 Å². The van der Waals surface area contributed by atoms with E-state index in [-0.39, 0.29) is 11.7 Å². The van der Waals surface area contributed by atoms with Gasteiger partial charge in [-0.05, 0) is 43.7 Å². The molecule has 0 aliphatic carbocycles. The number of halogens is 1. The summed E-state index contributed by atoms with van der Waals surface area (Å²) in [7, 11) is 3.44. The number of nitrogens with one attached hydrogen (secondary N) is 1. The fraction of sp³-hybridized carbons (Fsp3) is 0.250. The number of ether oxygens (including phenoxy) is 1. The molecule has 6 nitrogen and oxygen atoms in total. The van der Waals surface area contributed by atoms with Crippen molar-refractivity contribution in [1.29, 1.82) is 0 Å². The Morgan fingerprint density at radius 1 is 1.21 bits per heavy atom. The summed E-state index contributed by atoms with van der Waals surface area (Å²) in [5.74, 6) is 1.41. The third kappa shape index (κ3) is 4.48. The number of anilines is 1. The van der Waals surface area contributed by atoms with Crippen LogP contribution >= 0.6 is 23.4 Å². The lowest BCUT2D eigenvalue weighted by atomic mass is 10.1. The Balaban J connectivity index is 1.71. The molecular formula is C20H21ClN4O2S. The second kappa shape index (κ2) is 8.67. The Morgan fingerprint density at radius 3 is 2.71 bits per heavy atom. The first-order chi connectivity index (χ1) is 13.4. The van der Waals surface area contributed by atoms with Crippen LogP contribution in [-0.4, -0.2) is 33.5 Å². The van der Waals surface area contributed by atoms with Gasteiger partial charge >= 0.3 is 0 Å². The Hall–Kier alpha value is -2.51. The molecule has 0 radical (unpaired) electrons. The first-order valence-corrected chi connectivity index (χ1v) is 9.98. The SMILES string of the molecule is COc1ccc(Cl)cc1-c1nnc(SCC(=O)Nc2ccc(C)cc2C)n1C. The molecule has 28 heavy (non-hydrogen) atoms. The van der Waals surface area contributed by atoms with Gasteiger partial charge in [0.15, 0.2) is 11.0 Å². The number of carbonyl (C=O) groups excluding carboxylic acids is 1. The molecule has 2 aromatic carbocycles. The van der Waals surface area contributed by atoms with E-state index in [1.807, 2.05) is 43.7 Å². The van der Waals surface area contributed by atoms with Crippen LogP contribution in [0.5, 0.6) is 5.75 Å². The number of nitrogens with zero attached hydrogens (tertiary/aromatic N) is 3. The third-order valence-electron chi connectivity index (χ3n) is 4.23. The average Bonchev–Trinajstić information content (AvgIpc) is 3.02. The number of amides is 1. The summed E-state index contributed by atoms with van der Waals surface area (Å²) in [6.07, 6.45) is 0. The first kappa shape index (κ1) is 20.2. The minimum absolute atomic E-state index is 0.0955. The fourth-order valence-electron chi connectivity index (χ4n) is 2.80. The van der Waals surface area contributed by atoms with E-state index < -0.39 is 0 Å². The maximum atomic E-state index is 12.3. The second-order valence-corrected chi connectivity index (χ2v) is 7.74. The van der Waals surface area contributed by atoms with E-state index in [2.05, 4.69) is 15.5 Å². The lowest BCUT2D eigenvalue weighted by Crippen LogP contribution is -2.15. The van der Waals surface area contributed by atoms with Crippen molar-refractivity contribution in [2.75, 3.05) is 18.2 Å². The van der Waals surface area contributed by atoms with Crippen LogP contribution < -0.4 is 10.1 Å². The zero-order valence-corrected chi connectivity index (χ0v) is 17.7. The molecule has 8 heteroatoms. The molecule has 1 aromatic heterocycles. The van der Waals surface area contributed by atoms with Gasteiger partial charge in [-0.25, -0.2) is 0 Å². The van der Waals surface area contributed by atoms with Crippen molar-refractivity contribution in [3.05, 3.63) is 52.5 Å². The van der Waals surface area contributed by atoms with E-state index in [0.29, 0.717) is 21.8 Å². The van der Waals surface area contributed by atoms with Crippen LogP contribution in [0.2, 0.25) is 5.02 Å². The van der Waals surface area contributed by atoms with Crippen molar-refractivity contribution in [3.63, 3.8) is 0 Å². The molecule has 3 rings (SSSR count). The number of benzene rings is 2. The molecule has 0 aliphatic heterocycles. The number of carbonyl (C=O) groups is 1. The molecule has 0 unspecified atom stereocenters. The smallest absolute Gasteiger partial charge is 0.234 e. The summed E-state index contributed by atoms with van der Waals surface area (Å²) in [5, 5.41) is 12.6.